The van der Waals surface area contributed by atoms with Gasteiger partial charge >= 0.3 is 0 Å². The van der Waals surface area contributed by atoms with E-state index < -0.39 is 0 Å². The maximum Gasteiger partial charge on any atom is 0.196 e. The Balaban J connectivity index is 0.000000806. The van der Waals surface area contributed by atoms with Crippen molar-refractivity contribution >= 4 is 5.69 Å². The van der Waals surface area contributed by atoms with Gasteiger partial charge in [-0.15, -0.1) is 0 Å². The summed E-state index contributed by atoms with van der Waals surface area (Å²) in [5.74, 6) is 2.66. The second-order valence-electron chi connectivity index (χ2n) is 8.77. The average molecular weight is 473 g/mol. The van der Waals surface area contributed by atoms with E-state index in [2.05, 4.69) is 66.1 Å². The highest BCUT2D eigenvalue weighted by Gasteiger charge is 2.43. The Morgan fingerprint density at radius 2 is 1.66 bits per heavy atom. The SMILES string of the molecule is CC(NC(c1ccc(C2Nc3ccccc3O2)cc1)N1NC1c1ccco1)c1ccco1.CCC. The minimum atomic E-state index is -0.190. The molecule has 1 saturated heterocycles. The number of ether oxygens (including phenoxy) is 1. The van der Waals surface area contributed by atoms with Gasteiger partial charge < -0.3 is 18.9 Å². The Hall–Kier alpha value is -3.52. The Morgan fingerprint density at radius 1 is 0.914 bits per heavy atom. The maximum atomic E-state index is 6.06. The number of anilines is 1. The molecule has 2 aromatic carbocycles. The molecule has 35 heavy (non-hydrogen) atoms. The molecule has 4 aromatic rings. The van der Waals surface area contributed by atoms with Crippen molar-refractivity contribution < 1.29 is 13.6 Å². The van der Waals surface area contributed by atoms with Gasteiger partial charge in [0.2, 0.25) is 0 Å². The fourth-order valence-corrected chi connectivity index (χ4v) is 4.16. The first-order chi connectivity index (χ1) is 17.2. The number of benzene rings is 2. The highest BCUT2D eigenvalue weighted by atomic mass is 16.5. The van der Waals surface area contributed by atoms with Crippen LogP contribution in [0.3, 0.4) is 0 Å². The Labute approximate surface area is 206 Å². The van der Waals surface area contributed by atoms with Gasteiger partial charge in [0.25, 0.3) is 0 Å². The van der Waals surface area contributed by atoms with Crippen LogP contribution < -0.4 is 20.8 Å². The molecule has 2 aliphatic rings. The molecule has 4 heterocycles. The van der Waals surface area contributed by atoms with E-state index in [1.807, 2.05) is 48.5 Å². The molecular formula is C28H32N4O3. The van der Waals surface area contributed by atoms with Gasteiger partial charge in [-0.05, 0) is 48.9 Å². The molecule has 0 aliphatic carbocycles. The molecule has 3 N–H and O–H groups in total. The van der Waals surface area contributed by atoms with Gasteiger partial charge in [0.1, 0.15) is 29.6 Å². The summed E-state index contributed by atoms with van der Waals surface area (Å²) in [6.45, 7) is 6.35. The van der Waals surface area contributed by atoms with E-state index in [0.29, 0.717) is 0 Å². The fraction of sp³-hybridized carbons (Fsp3) is 0.286. The van der Waals surface area contributed by atoms with Crippen molar-refractivity contribution in [2.75, 3.05) is 5.32 Å². The van der Waals surface area contributed by atoms with Crippen molar-refractivity contribution in [3.63, 3.8) is 0 Å². The van der Waals surface area contributed by atoms with Gasteiger partial charge in [-0.25, -0.2) is 5.43 Å². The van der Waals surface area contributed by atoms with Crippen LogP contribution in [-0.4, -0.2) is 5.01 Å². The topological polar surface area (TPSA) is 84.5 Å². The van der Waals surface area contributed by atoms with Gasteiger partial charge in [0.05, 0.1) is 24.3 Å². The summed E-state index contributed by atoms with van der Waals surface area (Å²) in [7, 11) is 0. The number of para-hydroxylation sites is 2. The van der Waals surface area contributed by atoms with Gasteiger partial charge in [-0.2, -0.15) is 5.01 Å². The lowest BCUT2D eigenvalue weighted by Crippen LogP contribution is -2.31. The predicted molar refractivity (Wildman–Crippen MR) is 135 cm³/mol. The Kier molecular flexibility index (Phi) is 6.90. The lowest BCUT2D eigenvalue weighted by Gasteiger charge is -2.24. The summed E-state index contributed by atoms with van der Waals surface area (Å²) >= 11 is 0. The van der Waals surface area contributed by atoms with E-state index in [4.69, 9.17) is 13.6 Å². The van der Waals surface area contributed by atoms with E-state index in [-0.39, 0.29) is 24.6 Å². The summed E-state index contributed by atoms with van der Waals surface area (Å²) in [6, 6.07) is 24.3. The molecule has 6 rings (SSSR count). The highest BCUT2D eigenvalue weighted by Crippen LogP contribution is 2.40. The zero-order chi connectivity index (χ0) is 24.2. The molecule has 2 aliphatic heterocycles. The molecule has 182 valence electrons. The number of fused-ring (bicyclic) bond motifs is 1. The number of hydrogen-bond acceptors (Lipinski definition) is 7. The minimum Gasteiger partial charge on any atom is -0.468 e. The molecule has 0 spiro atoms. The first-order valence-electron chi connectivity index (χ1n) is 12.2. The normalized spacial score (nSPS) is 21.6. The largest absolute Gasteiger partial charge is 0.468 e. The summed E-state index contributed by atoms with van der Waals surface area (Å²) in [6.07, 6.45) is 4.41. The number of nitrogens with zero attached hydrogens (tertiary/aromatic N) is 1. The summed E-state index contributed by atoms with van der Waals surface area (Å²) < 4.78 is 17.3. The van der Waals surface area contributed by atoms with Crippen molar-refractivity contribution in [3.8, 4) is 5.75 Å². The van der Waals surface area contributed by atoms with Crippen LogP contribution in [0.1, 0.15) is 74.4 Å². The number of furan rings is 2. The van der Waals surface area contributed by atoms with Crippen molar-refractivity contribution in [2.45, 2.75) is 51.8 Å². The molecule has 7 heteroatoms. The smallest absolute Gasteiger partial charge is 0.196 e. The van der Waals surface area contributed by atoms with E-state index in [0.717, 1.165) is 34.1 Å². The number of nitrogens with one attached hydrogen (secondary N) is 3. The first-order valence-corrected chi connectivity index (χ1v) is 12.2. The summed E-state index contributed by atoms with van der Waals surface area (Å²) in [4.78, 5) is 0. The Morgan fingerprint density at radius 3 is 2.34 bits per heavy atom. The zero-order valence-electron chi connectivity index (χ0n) is 20.3. The minimum absolute atomic E-state index is 0.0281. The van der Waals surface area contributed by atoms with Crippen LogP contribution in [0.2, 0.25) is 0 Å². The van der Waals surface area contributed by atoms with Gasteiger partial charge in [-0.3, -0.25) is 5.32 Å². The molecule has 0 saturated carbocycles. The van der Waals surface area contributed by atoms with Crippen LogP contribution in [0, 0.1) is 0 Å². The van der Waals surface area contributed by atoms with Crippen LogP contribution >= 0.6 is 0 Å². The second kappa shape index (κ2) is 10.4. The van der Waals surface area contributed by atoms with E-state index in [9.17, 15) is 0 Å². The van der Waals surface area contributed by atoms with Crippen molar-refractivity contribution in [1.82, 2.24) is 15.8 Å². The molecular weight excluding hydrogens is 440 g/mol. The van der Waals surface area contributed by atoms with Crippen LogP contribution in [0.25, 0.3) is 0 Å². The van der Waals surface area contributed by atoms with Crippen LogP contribution in [0.15, 0.2) is 94.2 Å². The average Bonchev–Trinajstić information content (AvgIpc) is 3.34. The summed E-state index contributed by atoms with van der Waals surface area (Å²) in [5, 5.41) is 9.25. The third-order valence-corrected chi connectivity index (χ3v) is 5.92. The molecule has 5 atom stereocenters. The zero-order valence-corrected chi connectivity index (χ0v) is 20.3. The highest BCUT2D eigenvalue weighted by molar-refractivity contribution is 5.60. The molecule has 1 fully saturated rings. The molecule has 2 aromatic heterocycles. The van der Waals surface area contributed by atoms with Crippen LogP contribution in [0.4, 0.5) is 5.69 Å². The van der Waals surface area contributed by atoms with Gasteiger partial charge in [0, 0.05) is 5.56 Å². The van der Waals surface area contributed by atoms with Crippen molar-refractivity contribution in [2.24, 2.45) is 0 Å². The van der Waals surface area contributed by atoms with Gasteiger partial charge in [-0.1, -0.05) is 56.7 Å². The quantitative estimate of drug-likeness (QED) is 0.259. The second-order valence-corrected chi connectivity index (χ2v) is 8.77. The standard InChI is InChI=1S/C25H24N4O3.C3H8/c1-16(20-8-4-14-30-20)26-23(29-24(28-29)22-9-5-15-31-22)17-10-12-18(13-11-17)25-27-19-6-2-3-7-21(19)32-25;1-3-2/h2-16,23-28H,1H3;3H2,1-2H3. The number of rotatable bonds is 7. The van der Waals surface area contributed by atoms with Gasteiger partial charge in [0.15, 0.2) is 6.23 Å². The lowest BCUT2D eigenvalue weighted by molar-refractivity contribution is 0.253. The molecule has 0 bridgehead atoms. The molecule has 0 radical (unpaired) electrons. The third-order valence-electron chi connectivity index (χ3n) is 5.92. The maximum absolute atomic E-state index is 6.06. The third kappa shape index (κ3) is 5.12. The monoisotopic (exact) mass is 472 g/mol. The number of hydrazine groups is 1. The molecule has 7 nitrogen and oxygen atoms in total. The fourth-order valence-electron chi connectivity index (χ4n) is 4.16. The van der Waals surface area contributed by atoms with Crippen LogP contribution in [-0.2, 0) is 0 Å². The Bertz CT molecular complexity index is 1170. The predicted octanol–water partition coefficient (Wildman–Crippen LogP) is 6.66. The summed E-state index contributed by atoms with van der Waals surface area (Å²) in [5.41, 5.74) is 6.63. The molecule has 0 amide bonds. The lowest BCUT2D eigenvalue weighted by atomic mass is 10.1. The molecule has 5 unspecified atom stereocenters. The van der Waals surface area contributed by atoms with E-state index >= 15 is 0 Å². The van der Waals surface area contributed by atoms with Crippen molar-refractivity contribution in [1.29, 1.82) is 0 Å². The van der Waals surface area contributed by atoms with E-state index in [1.165, 1.54) is 6.42 Å². The van der Waals surface area contributed by atoms with E-state index in [1.54, 1.807) is 12.5 Å². The number of hydrogen-bond donors (Lipinski definition) is 3. The van der Waals surface area contributed by atoms with Crippen LogP contribution in [0.5, 0.6) is 5.75 Å². The first kappa shape index (κ1) is 23.2. The van der Waals surface area contributed by atoms with Crippen molar-refractivity contribution in [3.05, 3.63) is 108 Å².